The quantitative estimate of drug-likeness (QED) is 0.810. The van der Waals surface area contributed by atoms with Crippen molar-refractivity contribution in [3.05, 3.63) is 29.6 Å². The first kappa shape index (κ1) is 12.8. The monoisotopic (exact) mass is 244 g/mol. The van der Waals surface area contributed by atoms with Crippen molar-refractivity contribution in [2.45, 2.75) is 25.2 Å². The Labute approximate surface area is 94.2 Å². The molecule has 5 heteroatoms. The predicted octanol–water partition coefficient (Wildman–Crippen LogP) is 1.75. The number of carbonyl (C=O) groups excluding carboxylic acids is 1. The van der Waals surface area contributed by atoms with Gasteiger partial charge in [-0.1, -0.05) is 13.0 Å². The zero-order valence-electron chi connectivity index (χ0n) is 9.16. The Morgan fingerprint density at radius 1 is 1.38 bits per heavy atom. The summed E-state index contributed by atoms with van der Waals surface area (Å²) < 4.78 is 36.8. The maximum atomic E-state index is 13.5. The van der Waals surface area contributed by atoms with Gasteiger partial charge in [0.05, 0.1) is 10.6 Å². The standard InChI is InChI=1S/C11H13FO3S/c1-3-16(14,15)11-6-4-5-10(12)9(11)7-8(2)13/h4-6H,3,7H2,1-2H3. The van der Waals surface area contributed by atoms with Crippen LogP contribution in [0.15, 0.2) is 23.1 Å². The van der Waals surface area contributed by atoms with Gasteiger partial charge in [-0.3, -0.25) is 4.79 Å². The summed E-state index contributed by atoms with van der Waals surface area (Å²) in [7, 11) is -3.49. The molecule has 0 unspecified atom stereocenters. The molecule has 0 radical (unpaired) electrons. The van der Waals surface area contributed by atoms with Crippen molar-refractivity contribution in [1.29, 1.82) is 0 Å². The van der Waals surface area contributed by atoms with Crippen molar-refractivity contribution in [2.75, 3.05) is 5.75 Å². The fraction of sp³-hybridized carbons (Fsp3) is 0.364. The van der Waals surface area contributed by atoms with Gasteiger partial charge in [-0.05, 0) is 19.1 Å². The van der Waals surface area contributed by atoms with Crippen LogP contribution in [0.3, 0.4) is 0 Å². The second kappa shape index (κ2) is 4.74. The van der Waals surface area contributed by atoms with Crippen LogP contribution in [-0.2, 0) is 21.1 Å². The lowest BCUT2D eigenvalue weighted by molar-refractivity contribution is -0.116. The van der Waals surface area contributed by atoms with E-state index in [-0.39, 0.29) is 28.4 Å². The summed E-state index contributed by atoms with van der Waals surface area (Å²) in [4.78, 5) is 10.9. The number of hydrogen-bond donors (Lipinski definition) is 0. The predicted molar refractivity (Wildman–Crippen MR) is 58.5 cm³/mol. The van der Waals surface area contributed by atoms with Gasteiger partial charge in [0.15, 0.2) is 9.84 Å². The molecule has 0 aliphatic heterocycles. The van der Waals surface area contributed by atoms with Crippen LogP contribution >= 0.6 is 0 Å². The van der Waals surface area contributed by atoms with Crippen LogP contribution in [-0.4, -0.2) is 20.0 Å². The number of ketones is 1. The fourth-order valence-electron chi connectivity index (χ4n) is 1.41. The van der Waals surface area contributed by atoms with E-state index in [2.05, 4.69) is 0 Å². The largest absolute Gasteiger partial charge is 0.300 e. The van der Waals surface area contributed by atoms with Crippen molar-refractivity contribution in [2.24, 2.45) is 0 Å². The van der Waals surface area contributed by atoms with E-state index in [1.807, 2.05) is 0 Å². The molecule has 1 aromatic carbocycles. The first-order valence-corrected chi connectivity index (χ1v) is 6.53. The molecule has 0 N–H and O–H groups in total. The molecule has 1 rings (SSSR count). The molecule has 0 bridgehead atoms. The minimum atomic E-state index is -3.49. The topological polar surface area (TPSA) is 51.2 Å². The highest BCUT2D eigenvalue weighted by Crippen LogP contribution is 2.20. The van der Waals surface area contributed by atoms with E-state index >= 15 is 0 Å². The van der Waals surface area contributed by atoms with E-state index in [0.717, 1.165) is 6.07 Å². The molecule has 0 heterocycles. The van der Waals surface area contributed by atoms with Crippen molar-refractivity contribution >= 4 is 15.6 Å². The molecule has 0 saturated carbocycles. The van der Waals surface area contributed by atoms with Crippen LogP contribution in [0, 0.1) is 5.82 Å². The molecule has 0 aromatic heterocycles. The second-order valence-corrected chi connectivity index (χ2v) is 5.75. The van der Waals surface area contributed by atoms with Gasteiger partial charge in [-0.15, -0.1) is 0 Å². The molecule has 88 valence electrons. The summed E-state index contributed by atoms with van der Waals surface area (Å²) in [5.41, 5.74) is -0.0307. The molecule has 16 heavy (non-hydrogen) atoms. The number of halogens is 1. The smallest absolute Gasteiger partial charge is 0.178 e. The molecule has 0 aliphatic carbocycles. The maximum Gasteiger partial charge on any atom is 0.178 e. The summed E-state index contributed by atoms with van der Waals surface area (Å²) in [5.74, 6) is -1.02. The molecule has 0 atom stereocenters. The summed E-state index contributed by atoms with van der Waals surface area (Å²) in [6, 6.07) is 3.83. The van der Waals surface area contributed by atoms with E-state index in [1.54, 1.807) is 0 Å². The van der Waals surface area contributed by atoms with Gasteiger partial charge in [-0.25, -0.2) is 12.8 Å². The number of sulfone groups is 1. The van der Waals surface area contributed by atoms with Crippen LogP contribution < -0.4 is 0 Å². The zero-order valence-corrected chi connectivity index (χ0v) is 9.97. The van der Waals surface area contributed by atoms with Crippen molar-refractivity contribution in [1.82, 2.24) is 0 Å². The van der Waals surface area contributed by atoms with Gasteiger partial charge in [0.2, 0.25) is 0 Å². The Hall–Kier alpha value is -1.23. The number of hydrogen-bond acceptors (Lipinski definition) is 3. The fourth-order valence-corrected chi connectivity index (χ4v) is 2.55. The van der Waals surface area contributed by atoms with Crippen LogP contribution in [0.1, 0.15) is 19.4 Å². The molecule has 0 aliphatic rings. The molecule has 0 fully saturated rings. The van der Waals surface area contributed by atoms with Crippen LogP contribution in [0.25, 0.3) is 0 Å². The van der Waals surface area contributed by atoms with Gasteiger partial charge in [0.25, 0.3) is 0 Å². The average Bonchev–Trinajstić information content (AvgIpc) is 2.20. The van der Waals surface area contributed by atoms with E-state index in [0.29, 0.717) is 0 Å². The summed E-state index contributed by atoms with van der Waals surface area (Å²) in [5, 5.41) is 0. The molecular formula is C11H13FO3S. The lowest BCUT2D eigenvalue weighted by atomic mass is 10.1. The van der Waals surface area contributed by atoms with Crippen LogP contribution in [0.2, 0.25) is 0 Å². The van der Waals surface area contributed by atoms with Gasteiger partial charge in [-0.2, -0.15) is 0 Å². The van der Waals surface area contributed by atoms with Crippen LogP contribution in [0.5, 0.6) is 0 Å². The highest BCUT2D eigenvalue weighted by molar-refractivity contribution is 7.91. The zero-order chi connectivity index (χ0) is 12.3. The molecule has 1 aromatic rings. The first-order chi connectivity index (χ1) is 7.38. The molecule has 3 nitrogen and oxygen atoms in total. The number of Topliss-reactive ketones (excluding diaryl/α,β-unsaturated/α-hetero) is 1. The van der Waals surface area contributed by atoms with Crippen LogP contribution in [0.4, 0.5) is 4.39 Å². The molecule has 0 saturated heterocycles. The third-order valence-corrected chi connectivity index (χ3v) is 4.03. The van der Waals surface area contributed by atoms with Crippen molar-refractivity contribution in [3.8, 4) is 0 Å². The van der Waals surface area contributed by atoms with Crippen molar-refractivity contribution < 1.29 is 17.6 Å². The average molecular weight is 244 g/mol. The van der Waals surface area contributed by atoms with E-state index in [1.165, 1.54) is 26.0 Å². The minimum Gasteiger partial charge on any atom is -0.300 e. The normalized spacial score (nSPS) is 11.4. The summed E-state index contributed by atoms with van der Waals surface area (Å²) in [6.07, 6.45) is -0.193. The highest BCUT2D eigenvalue weighted by atomic mass is 32.2. The van der Waals surface area contributed by atoms with Crippen molar-refractivity contribution in [3.63, 3.8) is 0 Å². The van der Waals surface area contributed by atoms with E-state index in [9.17, 15) is 17.6 Å². The number of rotatable bonds is 4. The third kappa shape index (κ3) is 2.66. The van der Waals surface area contributed by atoms with Gasteiger partial charge < -0.3 is 0 Å². The number of carbonyl (C=O) groups is 1. The van der Waals surface area contributed by atoms with E-state index in [4.69, 9.17) is 0 Å². The number of benzene rings is 1. The third-order valence-electron chi connectivity index (χ3n) is 2.22. The Morgan fingerprint density at radius 3 is 2.50 bits per heavy atom. The summed E-state index contributed by atoms with van der Waals surface area (Å²) >= 11 is 0. The maximum absolute atomic E-state index is 13.5. The second-order valence-electron chi connectivity index (χ2n) is 3.50. The molecule has 0 amide bonds. The SMILES string of the molecule is CCS(=O)(=O)c1cccc(F)c1CC(C)=O. The Bertz CT molecular complexity index is 506. The van der Waals surface area contributed by atoms with E-state index < -0.39 is 15.7 Å². The van der Waals surface area contributed by atoms with Gasteiger partial charge in [0, 0.05) is 12.0 Å². The van der Waals surface area contributed by atoms with Gasteiger partial charge in [0.1, 0.15) is 11.6 Å². The lowest BCUT2D eigenvalue weighted by Gasteiger charge is -2.08. The minimum absolute atomic E-state index is 0.0307. The Kier molecular flexibility index (Phi) is 3.80. The Balaban J connectivity index is 3.40. The highest BCUT2D eigenvalue weighted by Gasteiger charge is 2.20. The lowest BCUT2D eigenvalue weighted by Crippen LogP contribution is -2.11. The Morgan fingerprint density at radius 2 is 2.00 bits per heavy atom. The van der Waals surface area contributed by atoms with Gasteiger partial charge >= 0.3 is 0 Å². The molecular weight excluding hydrogens is 231 g/mol. The summed E-state index contributed by atoms with van der Waals surface area (Å²) in [6.45, 7) is 2.78. The first-order valence-electron chi connectivity index (χ1n) is 4.88. The molecule has 0 spiro atoms.